The van der Waals surface area contributed by atoms with Crippen molar-refractivity contribution < 1.29 is 48.4 Å². The third-order valence-corrected chi connectivity index (χ3v) is 7.15. The van der Waals surface area contributed by atoms with E-state index in [1.807, 2.05) is 0 Å². The molecule has 14 nitrogen and oxygen atoms in total. The maximum absolute atomic E-state index is 13.1. The number of carboxylic acid groups (broad SMARTS) is 2. The Kier molecular flexibility index (Phi) is 10.4. The van der Waals surface area contributed by atoms with Crippen LogP contribution in [-0.4, -0.2) is 71.5 Å². The number of aliphatic carboxylic acids is 2. The highest BCUT2D eigenvalue weighted by Crippen LogP contribution is 2.33. The number of nitrogens with two attached hydrogens (primary N) is 1. The summed E-state index contributed by atoms with van der Waals surface area (Å²) in [5.74, 6) is -2.82. The smallest absolute Gasteiger partial charge is 0.408 e. The van der Waals surface area contributed by atoms with Gasteiger partial charge in [0.1, 0.15) is 24.7 Å². The molecule has 2 aliphatic rings. The summed E-state index contributed by atoms with van der Waals surface area (Å²) in [6.07, 6.45) is -0.183. The van der Waals surface area contributed by atoms with Gasteiger partial charge >= 0.3 is 18.0 Å². The number of unbranched alkanes of at least 4 members (excludes halogenated alkanes) is 1. The van der Waals surface area contributed by atoms with Crippen LogP contribution in [0.25, 0.3) is 0 Å². The molecular formula is C29H34N4O10. The summed E-state index contributed by atoms with van der Waals surface area (Å²) < 4.78 is 15.8. The number of carbonyl (C=O) groups excluding carboxylic acids is 3. The van der Waals surface area contributed by atoms with Crippen LogP contribution in [0.3, 0.4) is 0 Å². The molecule has 0 aliphatic carbocycles. The number of rotatable bonds is 14. The Morgan fingerprint density at radius 3 is 2.49 bits per heavy atom. The van der Waals surface area contributed by atoms with E-state index in [-0.39, 0.29) is 39.1 Å². The molecule has 0 spiro atoms. The third kappa shape index (κ3) is 7.92. The maximum Gasteiger partial charge on any atom is 0.408 e. The first-order chi connectivity index (χ1) is 20.7. The molecule has 43 heavy (non-hydrogen) atoms. The molecule has 2 aliphatic heterocycles. The average molecular weight is 599 g/mol. The Balaban J connectivity index is 1.35. The van der Waals surface area contributed by atoms with E-state index >= 15 is 0 Å². The predicted octanol–water partition coefficient (Wildman–Crippen LogP) is 1.53. The standard InChI is InChI=1S/C29H34N4O10/c30-12-4-3-6-19(32-29(40)41-15-17-8-10-23-24(13-17)43-16-42-23)26(35)31-20(27(36)37)9-11-25(34)33-21-7-2-1-5-18(21)14-22(33)28(38)39/h1-2,5,7-8,10,13,19-20,22H,3-4,6,9,11-12,14-16,30H2,(H,31,35)(H,32,40)(H,36,37)(H,38,39)/t19-,20+,22-/m0/s1. The van der Waals surface area contributed by atoms with Gasteiger partial charge in [0.15, 0.2) is 11.5 Å². The quantitative estimate of drug-likeness (QED) is 0.197. The fourth-order valence-electron chi connectivity index (χ4n) is 4.93. The van der Waals surface area contributed by atoms with Crippen molar-refractivity contribution >= 4 is 35.5 Å². The summed E-state index contributed by atoms with van der Waals surface area (Å²) in [6.45, 7) is 0.344. The number of alkyl carbamates (subject to hydrolysis) is 1. The lowest BCUT2D eigenvalue weighted by Crippen LogP contribution is -2.52. The second-order valence-corrected chi connectivity index (χ2v) is 10.1. The molecule has 2 heterocycles. The molecule has 230 valence electrons. The van der Waals surface area contributed by atoms with E-state index in [0.29, 0.717) is 47.7 Å². The Bertz CT molecular complexity index is 1370. The van der Waals surface area contributed by atoms with Gasteiger partial charge in [0, 0.05) is 18.5 Å². The predicted molar refractivity (Wildman–Crippen MR) is 150 cm³/mol. The zero-order valence-electron chi connectivity index (χ0n) is 23.3. The number of amides is 3. The Labute approximate surface area is 247 Å². The fraction of sp³-hybridized carbons (Fsp3) is 0.414. The number of fused-ring (bicyclic) bond motifs is 2. The van der Waals surface area contributed by atoms with Crippen LogP contribution in [0, 0.1) is 0 Å². The number of hydrogen-bond acceptors (Lipinski definition) is 9. The first-order valence-electron chi connectivity index (χ1n) is 13.9. The van der Waals surface area contributed by atoms with Crippen molar-refractivity contribution in [2.75, 3.05) is 18.2 Å². The van der Waals surface area contributed by atoms with Crippen molar-refractivity contribution in [3.63, 3.8) is 0 Å². The van der Waals surface area contributed by atoms with Gasteiger partial charge in [-0.05, 0) is 61.6 Å². The van der Waals surface area contributed by atoms with Crippen molar-refractivity contribution in [2.45, 2.75) is 63.3 Å². The van der Waals surface area contributed by atoms with E-state index in [1.54, 1.807) is 42.5 Å². The first kappa shape index (κ1) is 31.1. The second-order valence-electron chi connectivity index (χ2n) is 10.1. The molecule has 6 N–H and O–H groups in total. The topological polar surface area (TPSA) is 207 Å². The monoisotopic (exact) mass is 598 g/mol. The molecule has 3 amide bonds. The van der Waals surface area contributed by atoms with Gasteiger partial charge in [-0.2, -0.15) is 0 Å². The summed E-state index contributed by atoms with van der Waals surface area (Å²) in [4.78, 5) is 63.7. The summed E-state index contributed by atoms with van der Waals surface area (Å²) >= 11 is 0. The lowest BCUT2D eigenvalue weighted by atomic mass is 10.1. The molecule has 0 saturated carbocycles. The molecular weight excluding hydrogens is 564 g/mol. The average Bonchev–Trinajstić information content (AvgIpc) is 3.62. The van der Waals surface area contributed by atoms with Crippen LogP contribution in [0.4, 0.5) is 10.5 Å². The van der Waals surface area contributed by atoms with Gasteiger partial charge in [-0.25, -0.2) is 14.4 Å². The number of benzene rings is 2. The van der Waals surface area contributed by atoms with Crippen LogP contribution in [0.1, 0.15) is 43.2 Å². The van der Waals surface area contributed by atoms with Gasteiger partial charge in [-0.3, -0.25) is 14.5 Å². The normalized spacial score (nSPS) is 16.1. The van der Waals surface area contributed by atoms with Crippen LogP contribution in [0.5, 0.6) is 11.5 Å². The Morgan fingerprint density at radius 2 is 1.74 bits per heavy atom. The van der Waals surface area contributed by atoms with Crippen LogP contribution in [0.15, 0.2) is 42.5 Å². The van der Waals surface area contributed by atoms with Crippen LogP contribution >= 0.6 is 0 Å². The van der Waals surface area contributed by atoms with Crippen molar-refractivity contribution in [2.24, 2.45) is 5.73 Å². The highest BCUT2D eigenvalue weighted by Gasteiger charge is 2.38. The minimum atomic E-state index is -1.47. The number of nitrogens with zero attached hydrogens (tertiary/aromatic N) is 1. The molecule has 0 unspecified atom stereocenters. The van der Waals surface area contributed by atoms with E-state index in [4.69, 9.17) is 19.9 Å². The van der Waals surface area contributed by atoms with E-state index < -0.39 is 48.0 Å². The van der Waals surface area contributed by atoms with Crippen LogP contribution in [0.2, 0.25) is 0 Å². The largest absolute Gasteiger partial charge is 0.480 e. The fourth-order valence-corrected chi connectivity index (χ4v) is 4.93. The van der Waals surface area contributed by atoms with Gasteiger partial charge in [-0.1, -0.05) is 24.3 Å². The van der Waals surface area contributed by atoms with E-state index in [2.05, 4.69) is 10.6 Å². The van der Waals surface area contributed by atoms with E-state index in [9.17, 15) is 34.2 Å². The zero-order chi connectivity index (χ0) is 30.9. The Hall–Kier alpha value is -4.85. The molecule has 0 bridgehead atoms. The minimum Gasteiger partial charge on any atom is -0.480 e. The van der Waals surface area contributed by atoms with Crippen molar-refractivity contribution in [3.8, 4) is 11.5 Å². The van der Waals surface area contributed by atoms with Gasteiger partial charge in [0.05, 0.1) is 0 Å². The van der Waals surface area contributed by atoms with Crippen molar-refractivity contribution in [3.05, 3.63) is 53.6 Å². The summed E-state index contributed by atoms with van der Waals surface area (Å²) in [5, 5.41) is 24.3. The molecule has 3 atom stereocenters. The van der Waals surface area contributed by atoms with E-state index in [1.165, 1.54) is 0 Å². The van der Waals surface area contributed by atoms with Crippen LogP contribution < -0.4 is 30.7 Å². The lowest BCUT2D eigenvalue weighted by molar-refractivity contribution is -0.143. The van der Waals surface area contributed by atoms with Gasteiger partial charge in [0.25, 0.3) is 0 Å². The maximum atomic E-state index is 13.1. The zero-order valence-corrected chi connectivity index (χ0v) is 23.3. The molecule has 2 aromatic rings. The summed E-state index contributed by atoms with van der Waals surface area (Å²) in [6, 6.07) is 8.13. The number of para-hydroxylation sites is 1. The number of carbonyl (C=O) groups is 5. The molecule has 0 aromatic heterocycles. The molecule has 0 saturated heterocycles. The minimum absolute atomic E-state index is 0.0975. The van der Waals surface area contributed by atoms with Crippen LogP contribution in [-0.2, 0) is 36.9 Å². The first-order valence-corrected chi connectivity index (χ1v) is 13.9. The molecule has 0 fully saturated rings. The second kappa shape index (κ2) is 14.4. The molecule has 4 rings (SSSR count). The molecule has 0 radical (unpaired) electrons. The summed E-state index contributed by atoms with van der Waals surface area (Å²) in [5.41, 5.74) is 7.34. The lowest BCUT2D eigenvalue weighted by Gasteiger charge is -2.24. The third-order valence-electron chi connectivity index (χ3n) is 7.15. The highest BCUT2D eigenvalue weighted by molar-refractivity contribution is 6.02. The number of hydrogen-bond donors (Lipinski definition) is 5. The van der Waals surface area contributed by atoms with Gasteiger partial charge in [0.2, 0.25) is 18.6 Å². The Morgan fingerprint density at radius 1 is 0.977 bits per heavy atom. The number of carboxylic acids is 2. The van der Waals surface area contributed by atoms with E-state index in [0.717, 1.165) is 4.90 Å². The number of anilines is 1. The van der Waals surface area contributed by atoms with Gasteiger partial charge in [-0.15, -0.1) is 0 Å². The van der Waals surface area contributed by atoms with Crippen molar-refractivity contribution in [1.29, 1.82) is 0 Å². The SMILES string of the molecule is NCCCC[C@H](NC(=O)OCc1ccc2c(c1)OCO2)C(=O)N[C@H](CCC(=O)N1c2ccccc2C[C@H]1C(=O)O)C(=O)O. The summed E-state index contributed by atoms with van der Waals surface area (Å²) in [7, 11) is 0. The van der Waals surface area contributed by atoms with Gasteiger partial charge < -0.3 is 40.8 Å². The number of ether oxygens (including phenoxy) is 3. The molecule has 14 heteroatoms. The number of nitrogens with one attached hydrogen (secondary N) is 2. The highest BCUT2D eigenvalue weighted by atomic mass is 16.7. The molecule has 2 aromatic carbocycles. The van der Waals surface area contributed by atoms with Crippen molar-refractivity contribution in [1.82, 2.24) is 10.6 Å².